The van der Waals surface area contributed by atoms with Gasteiger partial charge in [0.2, 0.25) is 0 Å². The summed E-state index contributed by atoms with van der Waals surface area (Å²) in [7, 11) is 0. The highest BCUT2D eigenvalue weighted by atomic mass is 16.6. The number of nitro benzene ring substituents is 1. The van der Waals surface area contributed by atoms with Crippen molar-refractivity contribution in [2.75, 3.05) is 12.3 Å². The number of carbonyl (C=O) groups excluding carboxylic acids is 1. The van der Waals surface area contributed by atoms with Gasteiger partial charge in [-0.2, -0.15) is 5.26 Å². The van der Waals surface area contributed by atoms with E-state index >= 15 is 0 Å². The van der Waals surface area contributed by atoms with Crippen molar-refractivity contribution < 1.29 is 9.72 Å². The summed E-state index contributed by atoms with van der Waals surface area (Å²) in [6.07, 6.45) is 0.167. The van der Waals surface area contributed by atoms with Gasteiger partial charge in [-0.25, -0.2) is 0 Å². The minimum Gasteiger partial charge on any atom is -0.399 e. The number of amides is 1. The summed E-state index contributed by atoms with van der Waals surface area (Å²) in [5, 5.41) is 19.6. The molecule has 0 spiro atoms. The Morgan fingerprint density at radius 1 is 1.55 bits per heavy atom. The minimum absolute atomic E-state index is 0.0540. The lowest BCUT2D eigenvalue weighted by molar-refractivity contribution is -0.385. The van der Waals surface area contributed by atoms with Gasteiger partial charge in [0.15, 0.2) is 0 Å². The fraction of sp³-hybridized carbons (Fsp3) is 0.385. The van der Waals surface area contributed by atoms with Gasteiger partial charge in [-0.1, -0.05) is 0 Å². The number of hydrogen-bond donors (Lipinski definition) is 1. The van der Waals surface area contributed by atoms with Crippen molar-refractivity contribution in [3.8, 4) is 6.07 Å². The predicted octanol–water partition coefficient (Wildman–Crippen LogP) is 1.94. The van der Waals surface area contributed by atoms with Crippen LogP contribution in [0.4, 0.5) is 11.4 Å². The Hall–Kier alpha value is -2.62. The number of benzene rings is 1. The van der Waals surface area contributed by atoms with Crippen molar-refractivity contribution >= 4 is 17.3 Å². The third-order valence-corrected chi connectivity index (χ3v) is 2.80. The van der Waals surface area contributed by atoms with E-state index in [2.05, 4.69) is 0 Å². The van der Waals surface area contributed by atoms with Gasteiger partial charge in [0.1, 0.15) is 5.56 Å². The largest absolute Gasteiger partial charge is 0.399 e. The molecule has 7 nitrogen and oxygen atoms in total. The van der Waals surface area contributed by atoms with E-state index in [4.69, 9.17) is 11.0 Å². The van der Waals surface area contributed by atoms with Crippen molar-refractivity contribution in [3.63, 3.8) is 0 Å². The molecule has 0 aromatic heterocycles. The number of nitrogens with zero attached hydrogens (tertiary/aromatic N) is 3. The Morgan fingerprint density at radius 3 is 2.70 bits per heavy atom. The fourth-order valence-corrected chi connectivity index (χ4v) is 1.80. The Labute approximate surface area is 116 Å². The van der Waals surface area contributed by atoms with Crippen LogP contribution in [0.15, 0.2) is 18.2 Å². The zero-order valence-electron chi connectivity index (χ0n) is 11.4. The molecule has 2 N–H and O–H groups in total. The second kappa shape index (κ2) is 6.52. The van der Waals surface area contributed by atoms with Gasteiger partial charge in [0.25, 0.3) is 11.6 Å². The van der Waals surface area contributed by atoms with Crippen LogP contribution in [0.5, 0.6) is 0 Å². The summed E-state index contributed by atoms with van der Waals surface area (Å²) < 4.78 is 0. The first-order valence-electron chi connectivity index (χ1n) is 6.10. The van der Waals surface area contributed by atoms with E-state index < -0.39 is 10.8 Å². The molecule has 106 valence electrons. The second-order valence-corrected chi connectivity index (χ2v) is 4.53. The smallest absolute Gasteiger partial charge is 0.282 e. The lowest BCUT2D eigenvalue weighted by Crippen LogP contribution is -2.38. The molecule has 1 amide bonds. The molecule has 0 fully saturated rings. The molecule has 0 atom stereocenters. The molecular weight excluding hydrogens is 260 g/mol. The van der Waals surface area contributed by atoms with Crippen LogP contribution in [0.2, 0.25) is 0 Å². The molecule has 0 saturated heterocycles. The van der Waals surface area contributed by atoms with Crippen LogP contribution in [-0.4, -0.2) is 28.3 Å². The van der Waals surface area contributed by atoms with E-state index in [0.717, 1.165) is 0 Å². The molecule has 0 aliphatic heterocycles. The molecule has 1 rings (SSSR count). The number of rotatable bonds is 5. The SMILES string of the molecule is CC(C)N(CCC#N)C(=O)c1cc(N)ccc1[N+](=O)[O-]. The van der Waals surface area contributed by atoms with Crippen molar-refractivity contribution in [2.45, 2.75) is 26.3 Å². The molecule has 0 heterocycles. The fourth-order valence-electron chi connectivity index (χ4n) is 1.80. The van der Waals surface area contributed by atoms with Crippen LogP contribution < -0.4 is 5.73 Å². The minimum atomic E-state index is -0.616. The molecular formula is C13H16N4O3. The summed E-state index contributed by atoms with van der Waals surface area (Å²) in [5.74, 6) is -0.491. The van der Waals surface area contributed by atoms with Crippen molar-refractivity contribution in [1.82, 2.24) is 4.90 Å². The zero-order valence-corrected chi connectivity index (χ0v) is 11.4. The van der Waals surface area contributed by atoms with E-state index in [1.54, 1.807) is 13.8 Å². The van der Waals surface area contributed by atoms with Gasteiger partial charge in [0, 0.05) is 24.3 Å². The second-order valence-electron chi connectivity index (χ2n) is 4.53. The van der Waals surface area contributed by atoms with Crippen molar-refractivity contribution in [1.29, 1.82) is 5.26 Å². The molecule has 0 saturated carbocycles. The van der Waals surface area contributed by atoms with Gasteiger partial charge in [-0.3, -0.25) is 14.9 Å². The van der Waals surface area contributed by atoms with Crippen LogP contribution in [0.1, 0.15) is 30.6 Å². The number of hydrogen-bond acceptors (Lipinski definition) is 5. The Bertz CT molecular complexity index is 563. The molecule has 1 aromatic rings. The maximum Gasteiger partial charge on any atom is 0.282 e. The highest BCUT2D eigenvalue weighted by Crippen LogP contribution is 2.23. The highest BCUT2D eigenvalue weighted by molar-refractivity contribution is 5.99. The molecule has 7 heteroatoms. The predicted molar refractivity (Wildman–Crippen MR) is 73.9 cm³/mol. The van der Waals surface area contributed by atoms with Crippen LogP contribution in [0.25, 0.3) is 0 Å². The monoisotopic (exact) mass is 276 g/mol. The van der Waals surface area contributed by atoms with Gasteiger partial charge in [-0.05, 0) is 26.0 Å². The molecule has 0 aliphatic rings. The molecule has 1 aromatic carbocycles. The molecule has 0 bridgehead atoms. The summed E-state index contributed by atoms with van der Waals surface area (Å²) in [6, 6.07) is 5.67. The van der Waals surface area contributed by atoms with Crippen LogP contribution in [0, 0.1) is 21.4 Å². The molecule has 0 unspecified atom stereocenters. The number of nitro groups is 1. The van der Waals surface area contributed by atoms with Gasteiger partial charge >= 0.3 is 0 Å². The Kier molecular flexibility index (Phi) is 5.03. The summed E-state index contributed by atoms with van der Waals surface area (Å²) in [5.41, 5.74) is 5.54. The van der Waals surface area contributed by atoms with Crippen molar-refractivity contribution in [3.05, 3.63) is 33.9 Å². The lowest BCUT2D eigenvalue weighted by atomic mass is 10.1. The topological polar surface area (TPSA) is 113 Å². The Balaban J connectivity index is 3.20. The molecule has 0 radical (unpaired) electrons. The number of carbonyl (C=O) groups is 1. The first-order valence-corrected chi connectivity index (χ1v) is 6.10. The van der Waals surface area contributed by atoms with Crippen molar-refractivity contribution in [2.24, 2.45) is 0 Å². The van der Waals surface area contributed by atoms with E-state index in [-0.39, 0.29) is 35.9 Å². The van der Waals surface area contributed by atoms with E-state index in [0.29, 0.717) is 0 Å². The summed E-state index contributed by atoms with van der Waals surface area (Å²) in [6.45, 7) is 3.79. The van der Waals surface area contributed by atoms with E-state index in [9.17, 15) is 14.9 Å². The van der Waals surface area contributed by atoms with Crippen LogP contribution in [0.3, 0.4) is 0 Å². The molecule has 0 aliphatic carbocycles. The average Bonchev–Trinajstić information content (AvgIpc) is 2.38. The lowest BCUT2D eigenvalue weighted by Gasteiger charge is -2.25. The van der Waals surface area contributed by atoms with Crippen LogP contribution >= 0.6 is 0 Å². The average molecular weight is 276 g/mol. The highest BCUT2D eigenvalue weighted by Gasteiger charge is 2.26. The van der Waals surface area contributed by atoms with E-state index in [1.807, 2.05) is 6.07 Å². The number of anilines is 1. The number of nitrogens with two attached hydrogens (primary N) is 1. The van der Waals surface area contributed by atoms with E-state index in [1.165, 1.54) is 23.1 Å². The first-order chi connectivity index (χ1) is 9.38. The summed E-state index contributed by atoms with van der Waals surface area (Å²) >= 11 is 0. The normalized spacial score (nSPS) is 10.1. The zero-order chi connectivity index (χ0) is 15.3. The molecule has 20 heavy (non-hydrogen) atoms. The van der Waals surface area contributed by atoms with Gasteiger partial charge in [0.05, 0.1) is 17.4 Å². The maximum absolute atomic E-state index is 12.4. The first kappa shape index (κ1) is 15.4. The summed E-state index contributed by atoms with van der Waals surface area (Å²) in [4.78, 5) is 24.2. The van der Waals surface area contributed by atoms with Gasteiger partial charge in [-0.15, -0.1) is 0 Å². The number of nitrogen functional groups attached to an aromatic ring is 1. The third kappa shape index (κ3) is 3.45. The quantitative estimate of drug-likeness (QED) is 0.501. The maximum atomic E-state index is 12.4. The number of nitriles is 1. The standard InChI is InChI=1S/C13H16N4O3/c1-9(2)16(7-3-6-14)13(18)11-8-10(15)4-5-12(11)17(19)20/h4-5,8-9H,3,7,15H2,1-2H3. The van der Waals surface area contributed by atoms with Gasteiger partial charge < -0.3 is 10.6 Å². The third-order valence-electron chi connectivity index (χ3n) is 2.80. The Morgan fingerprint density at radius 2 is 2.20 bits per heavy atom. The van der Waals surface area contributed by atoms with Crippen LogP contribution in [-0.2, 0) is 0 Å².